The lowest BCUT2D eigenvalue weighted by Gasteiger charge is -2.14. The number of carbonyl (C=O) groups is 1. The molecule has 1 rings (SSSR count). The normalized spacial score (nSPS) is 9.93. The van der Waals surface area contributed by atoms with Gasteiger partial charge in [0.25, 0.3) is 0 Å². The van der Waals surface area contributed by atoms with E-state index in [0.29, 0.717) is 18.9 Å². The number of nitrogens with zero attached hydrogens (tertiary/aromatic N) is 2. The smallest absolute Gasteiger partial charge is 0.322 e. The van der Waals surface area contributed by atoms with Crippen molar-refractivity contribution in [1.82, 2.24) is 15.1 Å². The van der Waals surface area contributed by atoms with Gasteiger partial charge in [-0.2, -0.15) is 5.10 Å². The van der Waals surface area contributed by atoms with Gasteiger partial charge in [-0.15, -0.1) is 0 Å². The van der Waals surface area contributed by atoms with Crippen LogP contribution in [0.5, 0.6) is 0 Å². The summed E-state index contributed by atoms with van der Waals surface area (Å²) in [6.45, 7) is 2.90. The first kappa shape index (κ1) is 10.5. The number of hydrogen-bond acceptors (Lipinski definition) is 3. The fraction of sp³-hybridized carbons (Fsp3) is 0.500. The fourth-order valence-corrected chi connectivity index (χ4v) is 0.920. The predicted octanol–water partition coefficient (Wildman–Crippen LogP) is 0.352. The average molecular weight is 197 g/mol. The summed E-state index contributed by atoms with van der Waals surface area (Å²) in [6, 6.07) is -0.175. The molecule has 14 heavy (non-hydrogen) atoms. The number of nitrogens with one attached hydrogen (secondary N) is 2. The molecule has 0 aliphatic heterocycles. The lowest BCUT2D eigenvalue weighted by atomic mass is 10.3. The molecule has 0 saturated heterocycles. The Balaban J connectivity index is 2.64. The maximum absolute atomic E-state index is 11.4. The number of aromatic amines is 1. The summed E-state index contributed by atoms with van der Waals surface area (Å²) in [4.78, 5) is 13.0. The number of carbonyl (C=O) groups excluding carboxylic acids is 1. The van der Waals surface area contributed by atoms with Gasteiger partial charge in [0.2, 0.25) is 0 Å². The first-order chi connectivity index (χ1) is 6.69. The van der Waals surface area contributed by atoms with Crippen LogP contribution in [0.25, 0.3) is 0 Å². The van der Waals surface area contributed by atoms with E-state index >= 15 is 0 Å². The highest BCUT2D eigenvalue weighted by Crippen LogP contribution is 2.09. The molecule has 0 radical (unpaired) electrons. The molecule has 0 saturated carbocycles. The molecular formula is C8H15N5O. The molecule has 2 amide bonds. The lowest BCUT2D eigenvalue weighted by molar-refractivity contribution is 0.224. The van der Waals surface area contributed by atoms with Crippen molar-refractivity contribution in [3.8, 4) is 0 Å². The van der Waals surface area contributed by atoms with E-state index in [2.05, 4.69) is 15.5 Å². The summed E-state index contributed by atoms with van der Waals surface area (Å²) in [5.41, 5.74) is 6.25. The highest BCUT2D eigenvalue weighted by molar-refractivity contribution is 5.88. The average Bonchev–Trinajstić information content (AvgIpc) is 2.63. The van der Waals surface area contributed by atoms with E-state index in [1.165, 1.54) is 0 Å². The van der Waals surface area contributed by atoms with Gasteiger partial charge >= 0.3 is 6.03 Å². The predicted molar refractivity (Wildman–Crippen MR) is 53.8 cm³/mol. The fourth-order valence-electron chi connectivity index (χ4n) is 0.920. The van der Waals surface area contributed by atoms with Crippen LogP contribution in [-0.2, 0) is 6.54 Å². The topological polar surface area (TPSA) is 87.0 Å². The molecule has 0 aliphatic carbocycles. The van der Waals surface area contributed by atoms with Crippen LogP contribution in [-0.4, -0.2) is 34.7 Å². The molecule has 0 unspecified atom stereocenters. The van der Waals surface area contributed by atoms with Crippen molar-refractivity contribution < 1.29 is 4.79 Å². The Bertz CT molecular complexity index is 308. The second-order valence-electron chi connectivity index (χ2n) is 2.92. The number of nitrogens with two attached hydrogens (primary N) is 1. The summed E-state index contributed by atoms with van der Waals surface area (Å²) >= 11 is 0. The third-order valence-electron chi connectivity index (χ3n) is 1.99. The summed E-state index contributed by atoms with van der Waals surface area (Å²) in [5.74, 6) is 0.567. The Labute approximate surface area is 82.5 Å². The number of urea groups is 1. The van der Waals surface area contributed by atoms with Crippen LogP contribution in [0.4, 0.5) is 10.6 Å². The quantitative estimate of drug-likeness (QED) is 0.653. The zero-order valence-electron chi connectivity index (χ0n) is 8.37. The molecular weight excluding hydrogens is 182 g/mol. The van der Waals surface area contributed by atoms with Crippen LogP contribution in [0.15, 0.2) is 6.20 Å². The Kier molecular flexibility index (Phi) is 3.47. The maximum Gasteiger partial charge on any atom is 0.322 e. The molecule has 0 aromatic carbocycles. The van der Waals surface area contributed by atoms with Crippen LogP contribution in [0.2, 0.25) is 0 Å². The third-order valence-corrected chi connectivity index (χ3v) is 1.99. The van der Waals surface area contributed by atoms with Crippen LogP contribution >= 0.6 is 0 Å². The van der Waals surface area contributed by atoms with Gasteiger partial charge in [0.15, 0.2) is 0 Å². The molecule has 4 N–H and O–H groups in total. The summed E-state index contributed by atoms with van der Waals surface area (Å²) in [5, 5.41) is 9.15. The Morgan fingerprint density at radius 2 is 2.50 bits per heavy atom. The first-order valence-corrected chi connectivity index (χ1v) is 4.43. The number of anilines is 1. The van der Waals surface area contributed by atoms with Gasteiger partial charge in [-0.3, -0.25) is 10.4 Å². The third kappa shape index (κ3) is 2.23. The second-order valence-corrected chi connectivity index (χ2v) is 2.92. The monoisotopic (exact) mass is 197 g/mol. The largest absolute Gasteiger partial charge is 0.328 e. The van der Waals surface area contributed by atoms with Gasteiger partial charge in [0.1, 0.15) is 5.82 Å². The minimum atomic E-state index is -0.175. The standard InChI is InChI=1S/C8H15N5O/c1-3-13(2)8(14)11-7-6(4-9)5-10-12-7/h5H,3-4,9H2,1-2H3,(H2,10,11,12,14). The highest BCUT2D eigenvalue weighted by Gasteiger charge is 2.10. The van der Waals surface area contributed by atoms with E-state index in [1.807, 2.05) is 6.92 Å². The van der Waals surface area contributed by atoms with Gasteiger partial charge in [0.05, 0.1) is 6.20 Å². The van der Waals surface area contributed by atoms with E-state index in [9.17, 15) is 4.79 Å². The molecule has 0 bridgehead atoms. The van der Waals surface area contributed by atoms with Crippen molar-refractivity contribution in [1.29, 1.82) is 0 Å². The molecule has 1 aromatic rings. The van der Waals surface area contributed by atoms with Crippen molar-refractivity contribution in [2.75, 3.05) is 18.9 Å². The van der Waals surface area contributed by atoms with Crippen molar-refractivity contribution in [2.24, 2.45) is 5.73 Å². The van der Waals surface area contributed by atoms with Crippen molar-refractivity contribution in [3.63, 3.8) is 0 Å². The van der Waals surface area contributed by atoms with Crippen LogP contribution in [0.3, 0.4) is 0 Å². The van der Waals surface area contributed by atoms with E-state index in [1.54, 1.807) is 18.1 Å². The van der Waals surface area contributed by atoms with Crippen LogP contribution in [0, 0.1) is 0 Å². The zero-order valence-corrected chi connectivity index (χ0v) is 8.37. The van der Waals surface area contributed by atoms with E-state index in [0.717, 1.165) is 5.56 Å². The van der Waals surface area contributed by atoms with E-state index in [4.69, 9.17) is 5.73 Å². The summed E-state index contributed by atoms with van der Waals surface area (Å²) in [7, 11) is 1.72. The number of rotatable bonds is 3. The molecule has 0 aliphatic rings. The van der Waals surface area contributed by atoms with Crippen LogP contribution in [0.1, 0.15) is 12.5 Å². The summed E-state index contributed by atoms with van der Waals surface area (Å²) in [6.07, 6.45) is 1.60. The number of H-pyrrole nitrogens is 1. The molecule has 1 heterocycles. The molecule has 0 spiro atoms. The molecule has 6 nitrogen and oxygen atoms in total. The number of amides is 2. The SMILES string of the molecule is CCN(C)C(=O)Nc1[nH]ncc1CN. The lowest BCUT2D eigenvalue weighted by Crippen LogP contribution is -2.31. The molecule has 0 fully saturated rings. The Morgan fingerprint density at radius 3 is 3.07 bits per heavy atom. The van der Waals surface area contributed by atoms with E-state index < -0.39 is 0 Å². The first-order valence-electron chi connectivity index (χ1n) is 4.43. The minimum absolute atomic E-state index is 0.175. The van der Waals surface area contributed by atoms with Crippen LogP contribution < -0.4 is 11.1 Å². The minimum Gasteiger partial charge on any atom is -0.328 e. The molecule has 0 atom stereocenters. The van der Waals surface area contributed by atoms with Gasteiger partial charge in [-0.1, -0.05) is 0 Å². The van der Waals surface area contributed by atoms with E-state index in [-0.39, 0.29) is 6.03 Å². The molecule has 6 heteroatoms. The Hall–Kier alpha value is -1.56. The molecule has 78 valence electrons. The van der Waals surface area contributed by atoms with Crippen molar-refractivity contribution >= 4 is 11.8 Å². The van der Waals surface area contributed by atoms with Gasteiger partial charge in [-0.05, 0) is 6.92 Å². The highest BCUT2D eigenvalue weighted by atomic mass is 16.2. The van der Waals surface area contributed by atoms with Gasteiger partial charge < -0.3 is 10.6 Å². The number of aromatic nitrogens is 2. The second kappa shape index (κ2) is 4.61. The van der Waals surface area contributed by atoms with Crippen molar-refractivity contribution in [2.45, 2.75) is 13.5 Å². The van der Waals surface area contributed by atoms with Gasteiger partial charge in [0, 0.05) is 25.7 Å². The maximum atomic E-state index is 11.4. The molecule has 1 aromatic heterocycles. The zero-order chi connectivity index (χ0) is 10.6. The number of hydrogen-bond donors (Lipinski definition) is 3. The Morgan fingerprint density at radius 1 is 1.79 bits per heavy atom. The van der Waals surface area contributed by atoms with Crippen molar-refractivity contribution in [3.05, 3.63) is 11.8 Å². The summed E-state index contributed by atoms with van der Waals surface area (Å²) < 4.78 is 0. The van der Waals surface area contributed by atoms with Gasteiger partial charge in [-0.25, -0.2) is 4.79 Å².